The molecule has 0 spiro atoms. The first-order valence-corrected chi connectivity index (χ1v) is 10.9. The van der Waals surface area contributed by atoms with Gasteiger partial charge < -0.3 is 4.90 Å². The molecule has 1 aromatic rings. The highest BCUT2D eigenvalue weighted by molar-refractivity contribution is 7.94. The van der Waals surface area contributed by atoms with Crippen molar-refractivity contribution < 1.29 is 13.2 Å². The molecule has 0 bridgehead atoms. The number of hydrogen-bond donors (Lipinski definition) is 0. The molecule has 1 amide bonds. The van der Waals surface area contributed by atoms with Crippen LogP contribution in [0.25, 0.3) is 0 Å². The fraction of sp³-hybridized carbons (Fsp3) is 0.550. The molecule has 1 saturated carbocycles. The van der Waals surface area contributed by atoms with E-state index in [-0.39, 0.29) is 11.7 Å². The van der Waals surface area contributed by atoms with Gasteiger partial charge in [-0.25, -0.2) is 8.42 Å². The molecule has 0 radical (unpaired) electrons. The summed E-state index contributed by atoms with van der Waals surface area (Å²) in [5.74, 6) is 0.454. The Hall–Kier alpha value is -1.62. The third kappa shape index (κ3) is 4.32. The van der Waals surface area contributed by atoms with Crippen LogP contribution in [0.15, 0.2) is 29.7 Å². The summed E-state index contributed by atoms with van der Waals surface area (Å²) in [5, 5.41) is 1.25. The summed E-state index contributed by atoms with van der Waals surface area (Å²) in [4.78, 5) is 14.8. The van der Waals surface area contributed by atoms with Crippen LogP contribution in [0.4, 0.5) is 5.69 Å². The van der Waals surface area contributed by atoms with E-state index in [0.717, 1.165) is 29.7 Å². The van der Waals surface area contributed by atoms with Gasteiger partial charge in [-0.05, 0) is 61.9 Å². The quantitative estimate of drug-likeness (QED) is 0.817. The van der Waals surface area contributed by atoms with E-state index in [9.17, 15) is 13.2 Å². The van der Waals surface area contributed by atoms with E-state index in [1.54, 1.807) is 11.0 Å². The van der Waals surface area contributed by atoms with Crippen molar-refractivity contribution in [2.75, 3.05) is 10.7 Å². The van der Waals surface area contributed by atoms with Crippen molar-refractivity contribution in [2.45, 2.75) is 58.4 Å². The second-order valence-corrected chi connectivity index (χ2v) is 9.40. The molecule has 25 heavy (non-hydrogen) atoms. The highest BCUT2D eigenvalue weighted by Crippen LogP contribution is 2.30. The minimum absolute atomic E-state index is 0.0175. The molecule has 0 N–H and O–H groups in total. The van der Waals surface area contributed by atoms with Gasteiger partial charge in [0.1, 0.15) is 0 Å². The van der Waals surface area contributed by atoms with Crippen LogP contribution in [-0.4, -0.2) is 26.1 Å². The normalized spacial score (nSPS) is 22.9. The topological polar surface area (TPSA) is 54.5 Å². The molecular formula is C20H27NO3S. The van der Waals surface area contributed by atoms with Crippen LogP contribution >= 0.6 is 0 Å². The Morgan fingerprint density at radius 2 is 1.84 bits per heavy atom. The molecule has 1 fully saturated rings. The van der Waals surface area contributed by atoms with Crippen molar-refractivity contribution in [3.63, 3.8) is 0 Å². The zero-order valence-corrected chi connectivity index (χ0v) is 15.9. The number of rotatable bonds is 4. The van der Waals surface area contributed by atoms with Crippen molar-refractivity contribution in [3.05, 3.63) is 40.8 Å². The molecule has 1 aliphatic heterocycles. The van der Waals surface area contributed by atoms with Crippen LogP contribution in [0.5, 0.6) is 0 Å². The van der Waals surface area contributed by atoms with E-state index in [1.807, 2.05) is 32.0 Å². The molecular weight excluding hydrogens is 334 g/mol. The summed E-state index contributed by atoms with van der Waals surface area (Å²) in [7, 11) is -3.21. The van der Waals surface area contributed by atoms with E-state index in [2.05, 4.69) is 0 Å². The lowest BCUT2D eigenvalue weighted by atomic mass is 9.86. The maximum Gasteiger partial charge on any atom is 0.227 e. The van der Waals surface area contributed by atoms with Crippen molar-refractivity contribution in [1.82, 2.24) is 0 Å². The highest BCUT2D eigenvalue weighted by Gasteiger charge is 2.32. The number of sulfone groups is 1. The first-order valence-electron chi connectivity index (χ1n) is 9.16. The third-order valence-corrected chi connectivity index (χ3v) is 6.85. The van der Waals surface area contributed by atoms with Gasteiger partial charge in [-0.15, -0.1) is 0 Å². The summed E-state index contributed by atoms with van der Waals surface area (Å²) >= 11 is 0. The van der Waals surface area contributed by atoms with Crippen LogP contribution < -0.4 is 4.90 Å². The first-order chi connectivity index (χ1) is 11.9. The molecule has 0 saturated heterocycles. The molecule has 1 atom stereocenters. The summed E-state index contributed by atoms with van der Waals surface area (Å²) < 4.78 is 23.8. The standard InChI is InChI=1S/C20H27NO3S/c1-15-8-9-18(12-16(15)2)21(19-10-11-25(23,24)14-19)20(22)13-17-6-4-3-5-7-17/h8-12,17,19H,3-7,13-14H2,1-2H3. The molecule has 1 heterocycles. The Morgan fingerprint density at radius 1 is 1.12 bits per heavy atom. The van der Waals surface area contributed by atoms with Gasteiger partial charge >= 0.3 is 0 Å². The predicted molar refractivity (Wildman–Crippen MR) is 101 cm³/mol. The molecule has 0 aromatic heterocycles. The van der Waals surface area contributed by atoms with Crippen molar-refractivity contribution in [1.29, 1.82) is 0 Å². The van der Waals surface area contributed by atoms with Crippen LogP contribution in [0.3, 0.4) is 0 Å². The molecule has 5 heteroatoms. The summed E-state index contributed by atoms with van der Waals surface area (Å²) in [6.07, 6.45) is 8.02. The Balaban J connectivity index is 1.87. The smallest absolute Gasteiger partial charge is 0.227 e. The number of aryl methyl sites for hydroxylation is 2. The van der Waals surface area contributed by atoms with Crippen molar-refractivity contribution in [2.24, 2.45) is 5.92 Å². The van der Waals surface area contributed by atoms with E-state index in [0.29, 0.717) is 12.3 Å². The maximum atomic E-state index is 13.1. The lowest BCUT2D eigenvalue weighted by molar-refractivity contribution is -0.120. The Labute approximate surface area is 150 Å². The lowest BCUT2D eigenvalue weighted by Crippen LogP contribution is -2.42. The number of hydrogen-bond acceptors (Lipinski definition) is 3. The van der Waals surface area contributed by atoms with Gasteiger partial charge in [-0.2, -0.15) is 0 Å². The second-order valence-electron chi connectivity index (χ2n) is 7.47. The van der Waals surface area contributed by atoms with Gasteiger partial charge in [0.25, 0.3) is 0 Å². The third-order valence-electron chi connectivity index (χ3n) is 5.47. The lowest BCUT2D eigenvalue weighted by Gasteiger charge is -2.31. The van der Waals surface area contributed by atoms with Crippen LogP contribution in [-0.2, 0) is 14.6 Å². The number of benzene rings is 1. The Morgan fingerprint density at radius 3 is 2.44 bits per heavy atom. The largest absolute Gasteiger partial charge is 0.304 e. The minimum atomic E-state index is -3.21. The van der Waals surface area contributed by atoms with Gasteiger partial charge in [0.05, 0.1) is 11.8 Å². The summed E-state index contributed by atoms with van der Waals surface area (Å²) in [6, 6.07) is 5.52. The molecule has 2 aliphatic rings. The molecule has 1 aromatic carbocycles. The minimum Gasteiger partial charge on any atom is -0.304 e. The van der Waals surface area contributed by atoms with Crippen LogP contribution in [0, 0.1) is 19.8 Å². The van der Waals surface area contributed by atoms with Crippen molar-refractivity contribution >= 4 is 21.4 Å². The number of amides is 1. The van der Waals surface area contributed by atoms with Gasteiger partial charge in [-0.3, -0.25) is 4.79 Å². The monoisotopic (exact) mass is 361 g/mol. The molecule has 1 unspecified atom stereocenters. The zero-order chi connectivity index (χ0) is 18.0. The fourth-order valence-corrected chi connectivity index (χ4v) is 5.12. The predicted octanol–water partition coefficient (Wildman–Crippen LogP) is 3.92. The zero-order valence-electron chi connectivity index (χ0n) is 15.1. The fourth-order valence-electron chi connectivity index (χ4n) is 3.85. The average Bonchev–Trinajstić information content (AvgIpc) is 2.91. The SMILES string of the molecule is Cc1ccc(N(C(=O)CC2CCCCC2)C2C=CS(=O)(=O)C2)cc1C. The van der Waals surface area contributed by atoms with E-state index in [4.69, 9.17) is 0 Å². The highest BCUT2D eigenvalue weighted by atomic mass is 32.2. The first kappa shape index (κ1) is 18.2. The van der Waals surface area contributed by atoms with Gasteiger partial charge in [0.2, 0.25) is 5.91 Å². The maximum absolute atomic E-state index is 13.1. The molecule has 4 nitrogen and oxygen atoms in total. The Bertz CT molecular complexity index is 776. The van der Waals surface area contributed by atoms with Gasteiger partial charge in [-0.1, -0.05) is 25.3 Å². The number of anilines is 1. The number of nitrogens with zero attached hydrogens (tertiary/aromatic N) is 1. The van der Waals surface area contributed by atoms with Crippen molar-refractivity contribution in [3.8, 4) is 0 Å². The van der Waals surface area contributed by atoms with Gasteiger partial charge in [0.15, 0.2) is 9.84 Å². The van der Waals surface area contributed by atoms with Gasteiger partial charge in [0, 0.05) is 17.5 Å². The average molecular weight is 362 g/mol. The molecule has 1 aliphatic carbocycles. The van der Waals surface area contributed by atoms with E-state index in [1.165, 1.54) is 24.7 Å². The molecule has 3 rings (SSSR count). The second kappa shape index (κ2) is 7.32. The summed E-state index contributed by atoms with van der Waals surface area (Å²) in [6.45, 7) is 4.05. The Kier molecular flexibility index (Phi) is 5.32. The van der Waals surface area contributed by atoms with E-state index >= 15 is 0 Å². The number of carbonyl (C=O) groups is 1. The van der Waals surface area contributed by atoms with E-state index < -0.39 is 15.9 Å². The summed E-state index contributed by atoms with van der Waals surface area (Å²) in [5.41, 5.74) is 3.08. The van der Waals surface area contributed by atoms with Crippen LogP contribution in [0.2, 0.25) is 0 Å². The van der Waals surface area contributed by atoms with Crippen LogP contribution in [0.1, 0.15) is 49.7 Å². The molecule has 136 valence electrons. The number of carbonyl (C=O) groups excluding carboxylic acids is 1.